The SMILES string of the molecule is CCOc1ccccc1NNC1=NCCS1. The van der Waals surface area contributed by atoms with E-state index in [4.69, 9.17) is 4.74 Å². The number of para-hydroxylation sites is 2. The maximum absolute atomic E-state index is 5.50. The Bertz CT molecular complexity index is 381. The molecule has 86 valence electrons. The lowest BCUT2D eigenvalue weighted by Gasteiger charge is -2.13. The molecule has 0 aromatic heterocycles. The number of ether oxygens (including phenoxy) is 1. The molecule has 0 unspecified atom stereocenters. The summed E-state index contributed by atoms with van der Waals surface area (Å²) in [4.78, 5) is 4.29. The second kappa shape index (κ2) is 5.65. The van der Waals surface area contributed by atoms with E-state index in [2.05, 4.69) is 15.8 Å². The molecule has 0 fully saturated rings. The average Bonchev–Trinajstić information content (AvgIpc) is 2.81. The first-order chi connectivity index (χ1) is 7.90. The van der Waals surface area contributed by atoms with Crippen molar-refractivity contribution >= 4 is 22.6 Å². The van der Waals surface area contributed by atoms with Crippen LogP contribution in [0.1, 0.15) is 6.92 Å². The third-order valence-corrected chi connectivity index (χ3v) is 2.97. The van der Waals surface area contributed by atoms with Gasteiger partial charge in [-0.05, 0) is 19.1 Å². The van der Waals surface area contributed by atoms with E-state index in [1.54, 1.807) is 11.8 Å². The van der Waals surface area contributed by atoms with Crippen LogP contribution in [0.15, 0.2) is 29.3 Å². The minimum atomic E-state index is 0.661. The maximum Gasteiger partial charge on any atom is 0.175 e. The Morgan fingerprint density at radius 1 is 1.38 bits per heavy atom. The fourth-order valence-corrected chi connectivity index (χ4v) is 2.06. The molecule has 1 aromatic rings. The third-order valence-electron chi connectivity index (χ3n) is 2.08. The Hall–Kier alpha value is -1.36. The van der Waals surface area contributed by atoms with Crippen LogP contribution in [0.3, 0.4) is 0 Å². The van der Waals surface area contributed by atoms with E-state index < -0.39 is 0 Å². The highest BCUT2D eigenvalue weighted by Gasteiger charge is 2.07. The maximum atomic E-state index is 5.50. The number of thioether (sulfide) groups is 1. The van der Waals surface area contributed by atoms with E-state index in [1.165, 1.54) is 0 Å². The standard InChI is InChI=1S/C11H15N3OS/c1-2-15-10-6-4-3-5-9(10)13-14-11-12-7-8-16-11/h3-6,13H,2,7-8H2,1H3,(H,12,14). The lowest BCUT2D eigenvalue weighted by molar-refractivity contribution is 0.341. The van der Waals surface area contributed by atoms with Crippen LogP contribution < -0.4 is 15.6 Å². The first-order valence-electron chi connectivity index (χ1n) is 5.31. The number of hydrazine groups is 1. The van der Waals surface area contributed by atoms with Crippen LogP contribution >= 0.6 is 11.8 Å². The molecule has 1 aromatic carbocycles. The molecule has 0 bridgehead atoms. The topological polar surface area (TPSA) is 45.6 Å². The van der Waals surface area contributed by atoms with Gasteiger partial charge in [-0.1, -0.05) is 23.9 Å². The highest BCUT2D eigenvalue weighted by Crippen LogP contribution is 2.23. The summed E-state index contributed by atoms with van der Waals surface area (Å²) in [6.45, 7) is 3.53. The Labute approximate surface area is 99.5 Å². The zero-order chi connectivity index (χ0) is 11.2. The highest BCUT2D eigenvalue weighted by molar-refractivity contribution is 8.14. The number of nitrogens with zero attached hydrogens (tertiary/aromatic N) is 1. The summed E-state index contributed by atoms with van der Waals surface area (Å²) in [6, 6.07) is 7.84. The van der Waals surface area contributed by atoms with Gasteiger partial charge in [0.2, 0.25) is 0 Å². The van der Waals surface area contributed by atoms with E-state index in [9.17, 15) is 0 Å². The molecule has 0 atom stereocenters. The average molecular weight is 237 g/mol. The molecule has 0 saturated carbocycles. The summed E-state index contributed by atoms with van der Waals surface area (Å²) in [5, 5.41) is 0.936. The highest BCUT2D eigenvalue weighted by atomic mass is 32.2. The van der Waals surface area contributed by atoms with Crippen LogP contribution in [0.25, 0.3) is 0 Å². The minimum Gasteiger partial charge on any atom is -0.492 e. The van der Waals surface area contributed by atoms with Crippen molar-refractivity contribution in [3.63, 3.8) is 0 Å². The number of hydrogen-bond donors (Lipinski definition) is 2. The number of aliphatic imine (C=N–C) groups is 1. The van der Waals surface area contributed by atoms with E-state index in [0.717, 1.165) is 28.9 Å². The number of rotatable bonds is 4. The van der Waals surface area contributed by atoms with Gasteiger partial charge in [0.15, 0.2) is 5.17 Å². The quantitative estimate of drug-likeness (QED) is 0.787. The molecular formula is C11H15N3OS. The van der Waals surface area contributed by atoms with Crippen molar-refractivity contribution in [1.29, 1.82) is 0 Å². The third kappa shape index (κ3) is 2.82. The van der Waals surface area contributed by atoms with Crippen LogP contribution in [-0.4, -0.2) is 24.1 Å². The molecule has 5 heteroatoms. The van der Waals surface area contributed by atoms with E-state index in [1.807, 2.05) is 31.2 Å². The summed E-state index contributed by atoms with van der Waals surface area (Å²) in [7, 11) is 0. The van der Waals surface area contributed by atoms with Crippen LogP contribution in [0.2, 0.25) is 0 Å². The first kappa shape index (κ1) is 11.1. The predicted molar refractivity (Wildman–Crippen MR) is 69.1 cm³/mol. The fourth-order valence-electron chi connectivity index (χ4n) is 1.38. The predicted octanol–water partition coefficient (Wildman–Crippen LogP) is 2.10. The fraction of sp³-hybridized carbons (Fsp3) is 0.364. The van der Waals surface area contributed by atoms with Crippen LogP contribution in [0.5, 0.6) is 5.75 Å². The van der Waals surface area contributed by atoms with Gasteiger partial charge in [0.1, 0.15) is 5.75 Å². The van der Waals surface area contributed by atoms with Crippen molar-refractivity contribution in [2.75, 3.05) is 24.3 Å². The molecule has 16 heavy (non-hydrogen) atoms. The monoisotopic (exact) mass is 237 g/mol. The Kier molecular flexibility index (Phi) is 3.93. The molecule has 2 N–H and O–H groups in total. The molecule has 0 radical (unpaired) electrons. The van der Waals surface area contributed by atoms with Gasteiger partial charge in [0.25, 0.3) is 0 Å². The smallest absolute Gasteiger partial charge is 0.175 e. The zero-order valence-corrected chi connectivity index (χ0v) is 10.0. The van der Waals surface area contributed by atoms with Crippen LogP contribution in [0.4, 0.5) is 5.69 Å². The van der Waals surface area contributed by atoms with E-state index in [-0.39, 0.29) is 0 Å². The summed E-state index contributed by atoms with van der Waals surface area (Å²) < 4.78 is 5.50. The van der Waals surface area contributed by atoms with Gasteiger partial charge in [0.05, 0.1) is 18.8 Å². The van der Waals surface area contributed by atoms with Gasteiger partial charge in [-0.3, -0.25) is 15.8 Å². The molecule has 1 aliphatic rings. The molecule has 1 aliphatic heterocycles. The minimum absolute atomic E-state index is 0.661. The molecule has 4 nitrogen and oxygen atoms in total. The van der Waals surface area contributed by atoms with Crippen molar-refractivity contribution in [1.82, 2.24) is 5.43 Å². The number of amidine groups is 1. The molecular weight excluding hydrogens is 222 g/mol. The number of benzene rings is 1. The zero-order valence-electron chi connectivity index (χ0n) is 9.19. The summed E-state index contributed by atoms with van der Waals surface area (Å²) in [5.74, 6) is 1.90. The molecule has 0 amide bonds. The van der Waals surface area contributed by atoms with Crippen molar-refractivity contribution < 1.29 is 4.74 Å². The van der Waals surface area contributed by atoms with Gasteiger partial charge < -0.3 is 4.74 Å². The van der Waals surface area contributed by atoms with Gasteiger partial charge in [-0.25, -0.2) is 0 Å². The summed E-state index contributed by atoms with van der Waals surface area (Å²) in [6.07, 6.45) is 0. The first-order valence-corrected chi connectivity index (χ1v) is 6.30. The Balaban J connectivity index is 1.97. The lowest BCUT2D eigenvalue weighted by Crippen LogP contribution is -2.26. The van der Waals surface area contributed by atoms with Gasteiger partial charge >= 0.3 is 0 Å². The van der Waals surface area contributed by atoms with Gasteiger partial charge in [0, 0.05) is 5.75 Å². The van der Waals surface area contributed by atoms with Crippen molar-refractivity contribution in [2.45, 2.75) is 6.92 Å². The number of nitrogens with one attached hydrogen (secondary N) is 2. The largest absolute Gasteiger partial charge is 0.492 e. The van der Waals surface area contributed by atoms with Crippen molar-refractivity contribution in [3.05, 3.63) is 24.3 Å². The molecule has 0 aliphatic carbocycles. The molecule has 1 heterocycles. The molecule has 0 spiro atoms. The normalized spacial score (nSPS) is 14.4. The van der Waals surface area contributed by atoms with E-state index >= 15 is 0 Å². The van der Waals surface area contributed by atoms with Crippen molar-refractivity contribution in [2.24, 2.45) is 4.99 Å². The molecule has 2 rings (SSSR count). The van der Waals surface area contributed by atoms with Crippen LogP contribution in [0, 0.1) is 0 Å². The van der Waals surface area contributed by atoms with Crippen molar-refractivity contribution in [3.8, 4) is 5.75 Å². The van der Waals surface area contributed by atoms with Crippen LogP contribution in [-0.2, 0) is 0 Å². The Morgan fingerprint density at radius 2 is 2.25 bits per heavy atom. The second-order valence-electron chi connectivity index (χ2n) is 3.21. The Morgan fingerprint density at radius 3 is 3.00 bits per heavy atom. The summed E-state index contributed by atoms with van der Waals surface area (Å²) in [5.41, 5.74) is 7.12. The summed E-state index contributed by atoms with van der Waals surface area (Å²) >= 11 is 1.72. The van der Waals surface area contributed by atoms with Gasteiger partial charge in [-0.2, -0.15) is 0 Å². The molecule has 0 saturated heterocycles. The van der Waals surface area contributed by atoms with Gasteiger partial charge in [-0.15, -0.1) is 0 Å². The number of anilines is 1. The number of hydrogen-bond acceptors (Lipinski definition) is 5. The van der Waals surface area contributed by atoms with E-state index in [0.29, 0.717) is 6.61 Å². The lowest BCUT2D eigenvalue weighted by atomic mass is 10.3. The second-order valence-corrected chi connectivity index (χ2v) is 4.30.